The van der Waals surface area contributed by atoms with Gasteiger partial charge in [-0.1, -0.05) is 229 Å². The van der Waals surface area contributed by atoms with Gasteiger partial charge in [0.15, 0.2) is 5.82 Å². The van der Waals surface area contributed by atoms with Gasteiger partial charge >= 0.3 is 0 Å². The summed E-state index contributed by atoms with van der Waals surface area (Å²) in [4.78, 5) is 49.2. The molecule has 0 aliphatic carbocycles. The van der Waals surface area contributed by atoms with E-state index in [1.54, 1.807) is 119 Å². The monoisotopic (exact) mass is 2430 g/mol. The molecule has 0 saturated carbocycles. The maximum Gasteiger partial charge on any atom is 0.273 e. The molecule has 6 aromatic heterocycles. The second-order valence-electron chi connectivity index (χ2n) is 29.1. The molecular formula is C105H104Br6Cl6F7N11O4S. The van der Waals surface area contributed by atoms with Crippen LogP contribution in [0.2, 0.25) is 30.1 Å². The van der Waals surface area contributed by atoms with Gasteiger partial charge in [0.05, 0.1) is 55.1 Å². The lowest BCUT2D eigenvalue weighted by atomic mass is 10.1. The molecule has 0 radical (unpaired) electrons. The van der Waals surface area contributed by atoms with Crippen molar-refractivity contribution >= 4 is 183 Å². The highest BCUT2D eigenvalue weighted by Crippen LogP contribution is 2.27. The van der Waals surface area contributed by atoms with Crippen LogP contribution in [-0.4, -0.2) is 49.8 Å². The van der Waals surface area contributed by atoms with E-state index in [9.17, 15) is 40.8 Å². The predicted molar refractivity (Wildman–Crippen MR) is 583 cm³/mol. The Kier molecular flexibility index (Phi) is 67.7. The van der Waals surface area contributed by atoms with Crippen LogP contribution in [0.25, 0.3) is 0 Å². The Morgan fingerprint density at radius 2 is 0.629 bits per heavy atom. The highest BCUT2D eigenvalue weighted by atomic mass is 79.9. The molecule has 10 aromatic carbocycles. The zero-order valence-corrected chi connectivity index (χ0v) is 94.4. The maximum atomic E-state index is 12.5. The summed E-state index contributed by atoms with van der Waals surface area (Å²) >= 11 is 54.1. The number of pyridine rings is 3. The largest absolute Gasteiger partial charge is 0.273 e. The standard InChI is InChI=1S/C8H9Br.C8H9Cl.C7H6BrF.C7H6BrNO2.C7H7Br.C7H6ClF.C7H8ClNO2S.C7H7Cl.C7H6F2.C7H7F.C6H6BrN.C6H6ClN.C6H6FN.C5H5BrN2.C5H5ClN2.C5H5FN2/c2*1-6-3-4-8(9)5-7(6)2;1-5-2-3-6(8)4-7(5)9;1-5-2-3-6(8)4-7(5)9(10)11;1-6-2-4-7(8)5-3-6;1-5-2-3-6(8)7(9)4-5;1-5-2-3-6(8)4-7(5)12-11-10-9;1-6-2-4-7(8)5-3-6;1-5-2-3-6(8)4-7(5)9;1-6-2-4-7(8)5-3-6;3*1-5-2-3-6(7)4-8-5;3*1-4-7-2-5(6)3-8-4/h2*3-5H,1-2H3;2-4H,1H3;2-4H,1H3;2-5H,1H3;2-4H,1H3;2-4H,9H2,1H3;2-5H,1H3;2-4H,1H3;2-5H,1H3;3*2-4H,1H3;3*2-3H,1H3. The van der Waals surface area contributed by atoms with Gasteiger partial charge in [0.1, 0.15) is 52.4 Å². The van der Waals surface area contributed by atoms with E-state index < -0.39 is 17.5 Å². The van der Waals surface area contributed by atoms with Crippen molar-refractivity contribution in [1.82, 2.24) is 44.9 Å². The highest BCUT2D eigenvalue weighted by molar-refractivity contribution is 9.11. The number of hydrogen-bond donors (Lipinski definition) is 1. The van der Waals surface area contributed by atoms with E-state index in [4.69, 9.17) is 69.6 Å². The number of hydrogen-bond acceptors (Lipinski definition) is 15. The Morgan fingerprint density at radius 3 is 0.979 bits per heavy atom. The predicted octanol–water partition coefficient (Wildman–Crippen LogP) is 36.3. The highest BCUT2D eigenvalue weighted by Gasteiger charge is 2.10. The fourth-order valence-electron chi connectivity index (χ4n) is 8.72. The van der Waals surface area contributed by atoms with Crippen molar-refractivity contribution in [2.24, 2.45) is 5.90 Å². The van der Waals surface area contributed by atoms with Gasteiger partial charge in [-0.3, -0.25) is 25.1 Å². The average molecular weight is 2440 g/mol. The molecule has 0 atom stereocenters. The lowest BCUT2D eigenvalue weighted by Gasteiger charge is -2.02. The lowest BCUT2D eigenvalue weighted by molar-refractivity contribution is -0.385. The minimum Gasteiger partial charge on any atom is -0.260 e. The van der Waals surface area contributed by atoms with Gasteiger partial charge in [-0.05, 0) is 347 Å². The summed E-state index contributed by atoms with van der Waals surface area (Å²) in [5, 5.41) is 14.1. The van der Waals surface area contributed by atoms with Crippen LogP contribution in [0.4, 0.5) is 36.4 Å². The van der Waals surface area contributed by atoms with Crippen LogP contribution in [0, 0.1) is 175 Å². The summed E-state index contributed by atoms with van der Waals surface area (Å²) in [6, 6.07) is 68.9. The van der Waals surface area contributed by atoms with Gasteiger partial charge in [-0.25, -0.2) is 60.6 Å². The van der Waals surface area contributed by atoms with E-state index in [1.807, 2.05) is 159 Å². The molecule has 6 heterocycles. The molecule has 16 rings (SSSR count). The van der Waals surface area contributed by atoms with E-state index in [0.29, 0.717) is 37.6 Å². The normalized spacial score (nSPS) is 9.50. The Bertz CT molecular complexity index is 5140. The number of nitrogens with two attached hydrogens (primary N) is 1. The molecule has 0 aliphatic heterocycles. The quantitative estimate of drug-likeness (QED) is 0.0572. The first-order valence-electron chi connectivity index (χ1n) is 41.2. The molecule has 0 fully saturated rings. The van der Waals surface area contributed by atoms with Gasteiger partial charge in [-0.15, -0.1) is 9.32 Å². The minimum atomic E-state index is -0.530. The Balaban J connectivity index is 0.000000748. The molecule has 15 nitrogen and oxygen atoms in total. The molecule has 2 N–H and O–H groups in total. The molecule has 35 heteroatoms. The molecule has 742 valence electrons. The molecule has 0 unspecified atom stereocenters. The topological polar surface area (TPSA) is 204 Å². The zero-order valence-electron chi connectivity index (χ0n) is 79.5. The van der Waals surface area contributed by atoms with Crippen LogP contribution >= 0.6 is 177 Å². The molecule has 0 aliphatic rings. The molecular weight excluding hydrogens is 2340 g/mol. The van der Waals surface area contributed by atoms with Crippen molar-refractivity contribution in [3.8, 4) is 0 Å². The first-order chi connectivity index (χ1) is 65.9. The smallest absolute Gasteiger partial charge is 0.260 e. The minimum absolute atomic E-state index is 0.152. The third-order valence-electron chi connectivity index (χ3n) is 16.9. The summed E-state index contributed by atoms with van der Waals surface area (Å²) in [5.74, 6) is 4.44. The van der Waals surface area contributed by atoms with Crippen molar-refractivity contribution < 1.29 is 45.0 Å². The van der Waals surface area contributed by atoms with Gasteiger partial charge in [0.2, 0.25) is 0 Å². The van der Waals surface area contributed by atoms with E-state index in [-0.39, 0.29) is 38.9 Å². The molecule has 16 aromatic rings. The molecule has 0 saturated heterocycles. The SMILES string of the molecule is Cc1ccc(Br)cc1.Cc1ccc(Br)cc1C.Cc1ccc(Br)cc1F.Cc1ccc(Br)cc1[N+](=O)[O-].Cc1ccc(Br)cn1.Cc1ccc(Cl)c(F)c1.Cc1ccc(Cl)cc1.Cc1ccc(Cl)cc1C.Cc1ccc(Cl)cc1SOON.Cc1ccc(Cl)cn1.Cc1ccc(F)cc1.Cc1ccc(F)cc1F.Cc1ccc(F)cn1.Cc1ncc(Br)cn1.Cc1ncc(Cl)cn1.Cc1ncc(F)cn1. The summed E-state index contributed by atoms with van der Waals surface area (Å²) < 4.78 is 95.8. The molecule has 140 heavy (non-hydrogen) atoms. The zero-order chi connectivity index (χ0) is 106. The third-order valence-corrected chi connectivity index (χ3v) is 22.0. The van der Waals surface area contributed by atoms with Gasteiger partial charge in [0, 0.05) is 114 Å². The number of nitro benzene ring substituents is 1. The maximum absolute atomic E-state index is 12.5. The first kappa shape index (κ1) is 129. The van der Waals surface area contributed by atoms with E-state index in [2.05, 4.69) is 221 Å². The second-order valence-corrected chi connectivity index (χ2v) is 37.9. The van der Waals surface area contributed by atoms with Crippen molar-refractivity contribution in [2.75, 3.05) is 0 Å². The number of nitro groups is 1. The van der Waals surface area contributed by atoms with Crippen LogP contribution in [0.15, 0.2) is 324 Å². The fourth-order valence-corrected chi connectivity index (χ4v) is 12.0. The number of aryl methyl sites for hydroxylation is 18. The Hall–Kier alpha value is -9.35. The average Bonchev–Trinajstić information content (AvgIpc) is 0.860. The van der Waals surface area contributed by atoms with Gasteiger partial charge in [0.25, 0.3) is 5.69 Å². The lowest BCUT2D eigenvalue weighted by Crippen LogP contribution is -1.94. The Morgan fingerprint density at radius 1 is 0.279 bits per heavy atom. The van der Waals surface area contributed by atoms with Crippen LogP contribution in [0.1, 0.15) is 101 Å². The summed E-state index contributed by atoms with van der Waals surface area (Å²) in [6.07, 6.45) is 13.5. The molecule has 0 bridgehead atoms. The number of aromatic nitrogens is 9. The van der Waals surface area contributed by atoms with Crippen LogP contribution < -0.4 is 5.90 Å². The summed E-state index contributed by atoms with van der Waals surface area (Å²) in [6.45, 7) is 34.3. The Labute approximate surface area is 901 Å². The van der Waals surface area contributed by atoms with Crippen molar-refractivity contribution in [3.63, 3.8) is 0 Å². The fraction of sp³-hybridized carbons (Fsp3) is 0.171. The summed E-state index contributed by atoms with van der Waals surface area (Å²) in [5.41, 5.74) is 15.7. The summed E-state index contributed by atoms with van der Waals surface area (Å²) in [7, 11) is 0. The molecule has 0 amide bonds. The van der Waals surface area contributed by atoms with Crippen LogP contribution in [0.3, 0.4) is 0 Å². The van der Waals surface area contributed by atoms with Crippen molar-refractivity contribution in [3.05, 3.63) is 501 Å². The van der Waals surface area contributed by atoms with E-state index in [1.165, 1.54) is 88.1 Å². The number of benzene rings is 10. The van der Waals surface area contributed by atoms with Crippen molar-refractivity contribution in [1.29, 1.82) is 0 Å². The van der Waals surface area contributed by atoms with Gasteiger partial charge in [-0.2, -0.15) is 5.90 Å². The number of halogens is 19. The van der Waals surface area contributed by atoms with Crippen molar-refractivity contribution in [2.45, 2.75) is 130 Å². The van der Waals surface area contributed by atoms with Crippen LogP contribution in [-0.2, 0) is 9.32 Å². The number of rotatable bonds is 4. The number of nitrogens with zero attached hydrogens (tertiary/aromatic N) is 10. The van der Waals surface area contributed by atoms with Gasteiger partial charge < -0.3 is 0 Å². The first-order valence-corrected chi connectivity index (χ1v) is 49.0. The molecule has 0 spiro atoms. The van der Waals surface area contributed by atoms with E-state index in [0.717, 1.165) is 118 Å². The van der Waals surface area contributed by atoms with E-state index >= 15 is 0 Å². The van der Waals surface area contributed by atoms with Crippen LogP contribution in [0.5, 0.6) is 0 Å². The third kappa shape index (κ3) is 65.0. The second kappa shape index (κ2) is 73.7.